The third-order valence-corrected chi connectivity index (χ3v) is 3.64. The highest BCUT2D eigenvalue weighted by molar-refractivity contribution is 9.10. The summed E-state index contributed by atoms with van der Waals surface area (Å²) in [6, 6.07) is 8.56. The molecule has 1 aliphatic rings. The molecule has 0 bridgehead atoms. The van der Waals surface area contributed by atoms with Crippen LogP contribution in [0.1, 0.15) is 25.5 Å². The molecule has 17 heavy (non-hydrogen) atoms. The number of rotatable bonds is 3. The topological polar surface area (TPSA) is 41.6 Å². The van der Waals surface area contributed by atoms with Crippen molar-refractivity contribution in [3.8, 4) is 0 Å². The number of benzene rings is 1. The third-order valence-electron chi connectivity index (χ3n) is 2.92. The molecule has 0 aromatic heterocycles. The number of nitrogens with zero attached hydrogens (tertiary/aromatic N) is 2. The van der Waals surface area contributed by atoms with E-state index in [-0.39, 0.29) is 6.04 Å². The lowest BCUT2D eigenvalue weighted by atomic mass is 10.1. The average molecular weight is 296 g/mol. The van der Waals surface area contributed by atoms with Gasteiger partial charge in [-0.15, -0.1) is 0 Å². The fourth-order valence-electron chi connectivity index (χ4n) is 2.15. The molecule has 0 aliphatic carbocycles. The average Bonchev–Trinajstić information content (AvgIpc) is 2.61. The van der Waals surface area contributed by atoms with Crippen LogP contribution in [-0.2, 0) is 0 Å². The highest BCUT2D eigenvalue weighted by Gasteiger charge is 2.28. The van der Waals surface area contributed by atoms with E-state index in [1.165, 1.54) is 5.56 Å². The van der Waals surface area contributed by atoms with Crippen LogP contribution in [0.2, 0.25) is 0 Å². The summed E-state index contributed by atoms with van der Waals surface area (Å²) in [4.78, 5) is 6.57. The first-order valence-electron chi connectivity index (χ1n) is 5.90. The van der Waals surface area contributed by atoms with Gasteiger partial charge in [0.05, 0.1) is 12.6 Å². The second kappa shape index (κ2) is 5.08. The first-order valence-corrected chi connectivity index (χ1v) is 6.70. The Bertz CT molecular complexity index is 428. The highest BCUT2D eigenvalue weighted by atomic mass is 79.9. The molecule has 0 radical (unpaired) electrons. The molecule has 1 aromatic rings. The van der Waals surface area contributed by atoms with Crippen LogP contribution >= 0.6 is 15.9 Å². The molecule has 3 nitrogen and oxygen atoms in total. The second-order valence-corrected chi connectivity index (χ2v) is 5.64. The molecule has 2 N–H and O–H groups in total. The molecule has 1 atom stereocenters. The van der Waals surface area contributed by atoms with Crippen LogP contribution in [0.5, 0.6) is 0 Å². The van der Waals surface area contributed by atoms with E-state index in [4.69, 9.17) is 5.73 Å². The number of guanidine groups is 1. The van der Waals surface area contributed by atoms with E-state index in [1.54, 1.807) is 0 Å². The van der Waals surface area contributed by atoms with Gasteiger partial charge in [-0.2, -0.15) is 0 Å². The van der Waals surface area contributed by atoms with E-state index in [0.717, 1.165) is 17.6 Å². The van der Waals surface area contributed by atoms with Gasteiger partial charge in [-0.25, -0.2) is 0 Å². The van der Waals surface area contributed by atoms with E-state index in [9.17, 15) is 0 Å². The lowest BCUT2D eigenvalue weighted by Crippen LogP contribution is -2.38. The van der Waals surface area contributed by atoms with E-state index in [0.29, 0.717) is 11.9 Å². The Morgan fingerprint density at radius 2 is 2.18 bits per heavy atom. The van der Waals surface area contributed by atoms with Crippen LogP contribution in [0.15, 0.2) is 33.7 Å². The zero-order valence-corrected chi connectivity index (χ0v) is 11.8. The molecule has 4 heteroatoms. The van der Waals surface area contributed by atoms with Gasteiger partial charge in [-0.3, -0.25) is 4.99 Å². The van der Waals surface area contributed by atoms with Gasteiger partial charge in [-0.1, -0.05) is 48.0 Å². The monoisotopic (exact) mass is 295 g/mol. The Balaban J connectivity index is 2.25. The molecule has 1 aromatic carbocycles. The molecule has 0 amide bonds. The quantitative estimate of drug-likeness (QED) is 0.932. The summed E-state index contributed by atoms with van der Waals surface area (Å²) in [6.07, 6.45) is 0. The Hall–Kier alpha value is -1.03. The first-order chi connectivity index (χ1) is 8.09. The predicted octanol–water partition coefficient (Wildman–Crippen LogP) is 2.78. The zero-order chi connectivity index (χ0) is 12.4. The summed E-state index contributed by atoms with van der Waals surface area (Å²) in [5, 5.41) is 0. The van der Waals surface area contributed by atoms with Crippen molar-refractivity contribution in [2.45, 2.75) is 19.9 Å². The molecule has 0 fully saturated rings. The highest BCUT2D eigenvalue weighted by Crippen LogP contribution is 2.31. The summed E-state index contributed by atoms with van der Waals surface area (Å²) >= 11 is 3.60. The summed E-state index contributed by atoms with van der Waals surface area (Å²) < 4.78 is 1.13. The van der Waals surface area contributed by atoms with Gasteiger partial charge >= 0.3 is 0 Å². The van der Waals surface area contributed by atoms with Crippen molar-refractivity contribution in [3.63, 3.8) is 0 Å². The zero-order valence-electron chi connectivity index (χ0n) is 10.2. The third kappa shape index (κ3) is 2.63. The molecule has 0 saturated carbocycles. The largest absolute Gasteiger partial charge is 0.370 e. The standard InChI is InChI=1S/C13H18BrN3/c1-9(2)8-17-12(7-16-13(17)15)10-5-3-4-6-11(10)14/h3-6,9,12H,7-8H2,1-2H3,(H2,15,16). The number of hydrogen-bond acceptors (Lipinski definition) is 3. The Kier molecular flexibility index (Phi) is 3.72. The van der Waals surface area contributed by atoms with Crippen LogP contribution in [0, 0.1) is 5.92 Å². The lowest BCUT2D eigenvalue weighted by molar-refractivity contribution is 0.308. The minimum atomic E-state index is 0.271. The molecular formula is C13H18BrN3. The number of aliphatic imine (C=N–C) groups is 1. The Morgan fingerprint density at radius 1 is 1.47 bits per heavy atom. The first kappa shape index (κ1) is 12.4. The minimum absolute atomic E-state index is 0.271. The lowest BCUT2D eigenvalue weighted by Gasteiger charge is -2.28. The van der Waals surface area contributed by atoms with Crippen molar-refractivity contribution in [1.82, 2.24) is 4.90 Å². The molecule has 1 heterocycles. The van der Waals surface area contributed by atoms with Crippen LogP contribution in [0.25, 0.3) is 0 Å². The van der Waals surface area contributed by atoms with Gasteiger partial charge in [0.15, 0.2) is 5.96 Å². The van der Waals surface area contributed by atoms with Crippen LogP contribution in [0.4, 0.5) is 0 Å². The maximum atomic E-state index is 5.97. The molecule has 92 valence electrons. The van der Waals surface area contributed by atoms with Gasteiger partial charge in [0.1, 0.15) is 0 Å². The van der Waals surface area contributed by atoms with Crippen molar-refractivity contribution >= 4 is 21.9 Å². The van der Waals surface area contributed by atoms with E-state index in [1.807, 2.05) is 6.07 Å². The molecule has 1 aliphatic heterocycles. The maximum absolute atomic E-state index is 5.97. The summed E-state index contributed by atoms with van der Waals surface area (Å²) in [5.74, 6) is 1.24. The van der Waals surface area contributed by atoms with Crippen LogP contribution in [0.3, 0.4) is 0 Å². The number of nitrogens with two attached hydrogens (primary N) is 1. The fraction of sp³-hybridized carbons (Fsp3) is 0.462. The van der Waals surface area contributed by atoms with Crippen molar-refractivity contribution in [3.05, 3.63) is 34.3 Å². The van der Waals surface area contributed by atoms with Crippen LogP contribution < -0.4 is 5.73 Å². The second-order valence-electron chi connectivity index (χ2n) is 4.78. The fourth-order valence-corrected chi connectivity index (χ4v) is 2.70. The van der Waals surface area contributed by atoms with Gasteiger partial charge in [0, 0.05) is 11.0 Å². The van der Waals surface area contributed by atoms with E-state index < -0.39 is 0 Å². The molecule has 2 rings (SSSR count). The predicted molar refractivity (Wildman–Crippen MR) is 74.9 cm³/mol. The van der Waals surface area contributed by atoms with Gasteiger partial charge < -0.3 is 10.6 Å². The molecule has 0 spiro atoms. The van der Waals surface area contributed by atoms with Crippen molar-refractivity contribution < 1.29 is 0 Å². The normalized spacial score (nSPS) is 19.9. The molecule has 0 saturated heterocycles. The molecule has 1 unspecified atom stereocenters. The summed E-state index contributed by atoms with van der Waals surface area (Å²) in [7, 11) is 0. The van der Waals surface area contributed by atoms with Gasteiger partial charge in [0.25, 0.3) is 0 Å². The van der Waals surface area contributed by atoms with Crippen molar-refractivity contribution in [1.29, 1.82) is 0 Å². The SMILES string of the molecule is CC(C)CN1C(N)=NCC1c1ccccc1Br. The van der Waals surface area contributed by atoms with Gasteiger partial charge in [0.2, 0.25) is 0 Å². The maximum Gasteiger partial charge on any atom is 0.191 e. The Morgan fingerprint density at radius 3 is 2.82 bits per heavy atom. The van der Waals surface area contributed by atoms with E-state index >= 15 is 0 Å². The number of hydrogen-bond donors (Lipinski definition) is 1. The van der Waals surface area contributed by atoms with Crippen molar-refractivity contribution in [2.24, 2.45) is 16.6 Å². The van der Waals surface area contributed by atoms with Crippen molar-refractivity contribution in [2.75, 3.05) is 13.1 Å². The smallest absolute Gasteiger partial charge is 0.191 e. The Labute approximate surface area is 111 Å². The number of halogens is 1. The van der Waals surface area contributed by atoms with Crippen LogP contribution in [-0.4, -0.2) is 23.9 Å². The summed E-state index contributed by atoms with van der Waals surface area (Å²) in [6.45, 7) is 6.09. The van der Waals surface area contributed by atoms with Gasteiger partial charge in [-0.05, 0) is 17.5 Å². The summed E-state index contributed by atoms with van der Waals surface area (Å²) in [5.41, 5.74) is 7.23. The molecular weight excluding hydrogens is 278 g/mol. The minimum Gasteiger partial charge on any atom is -0.370 e. The van der Waals surface area contributed by atoms with E-state index in [2.05, 4.69) is 57.9 Å².